The van der Waals surface area contributed by atoms with E-state index < -0.39 is 0 Å². The molecule has 0 saturated carbocycles. The van der Waals surface area contributed by atoms with Gasteiger partial charge >= 0.3 is 0 Å². The molecule has 1 heterocycles. The van der Waals surface area contributed by atoms with Crippen molar-refractivity contribution in [1.82, 2.24) is 4.90 Å². The maximum absolute atomic E-state index is 12.4. The van der Waals surface area contributed by atoms with Crippen molar-refractivity contribution < 1.29 is 9.53 Å². The van der Waals surface area contributed by atoms with Gasteiger partial charge in [-0.15, -0.1) is 0 Å². The molecule has 1 saturated heterocycles. The van der Waals surface area contributed by atoms with E-state index in [2.05, 4.69) is 24.1 Å². The smallest absolute Gasteiger partial charge is 0.241 e. The topological polar surface area (TPSA) is 67.6 Å². The minimum absolute atomic E-state index is 0.0226. The summed E-state index contributed by atoms with van der Waals surface area (Å²) >= 11 is 0. The standard InChI is InChI=1S/C15H23N3O2/c1-11(18-7-8-20-10-15(18,2)3)14(19)17-13-6-4-5-12(16)9-13/h4-6,9,11H,7-8,10,16H2,1-3H3,(H,17,19). The van der Waals surface area contributed by atoms with Crippen molar-refractivity contribution in [1.29, 1.82) is 0 Å². The van der Waals surface area contributed by atoms with Crippen LogP contribution in [0, 0.1) is 0 Å². The lowest BCUT2D eigenvalue weighted by atomic mass is 9.99. The molecule has 1 unspecified atom stereocenters. The average Bonchev–Trinajstić information content (AvgIpc) is 2.37. The molecular weight excluding hydrogens is 254 g/mol. The Bertz CT molecular complexity index is 488. The van der Waals surface area contributed by atoms with Gasteiger partial charge < -0.3 is 15.8 Å². The Hall–Kier alpha value is -1.59. The predicted octanol–water partition coefficient (Wildman–Crippen LogP) is 1.71. The van der Waals surface area contributed by atoms with Crippen molar-refractivity contribution in [2.45, 2.75) is 32.4 Å². The van der Waals surface area contributed by atoms with E-state index >= 15 is 0 Å². The highest BCUT2D eigenvalue weighted by Crippen LogP contribution is 2.22. The van der Waals surface area contributed by atoms with Crippen LogP contribution in [0.15, 0.2) is 24.3 Å². The molecule has 110 valence electrons. The van der Waals surface area contributed by atoms with Crippen molar-refractivity contribution in [2.24, 2.45) is 0 Å². The molecule has 5 heteroatoms. The van der Waals surface area contributed by atoms with Crippen LogP contribution in [-0.2, 0) is 9.53 Å². The summed E-state index contributed by atoms with van der Waals surface area (Å²) in [6.07, 6.45) is 0. The summed E-state index contributed by atoms with van der Waals surface area (Å²) in [6.45, 7) is 8.18. The first kappa shape index (κ1) is 14.8. The fraction of sp³-hybridized carbons (Fsp3) is 0.533. The molecule has 0 spiro atoms. The van der Waals surface area contributed by atoms with Gasteiger partial charge in [0.15, 0.2) is 0 Å². The Morgan fingerprint density at radius 2 is 2.25 bits per heavy atom. The molecular formula is C15H23N3O2. The second-order valence-electron chi connectivity index (χ2n) is 5.85. The number of nitrogens with two attached hydrogens (primary N) is 1. The number of morpholine rings is 1. The van der Waals surface area contributed by atoms with Gasteiger partial charge in [0.05, 0.1) is 19.3 Å². The van der Waals surface area contributed by atoms with Crippen molar-refractivity contribution in [3.8, 4) is 0 Å². The molecule has 1 aliphatic heterocycles. The number of rotatable bonds is 3. The zero-order valence-corrected chi connectivity index (χ0v) is 12.3. The van der Waals surface area contributed by atoms with Gasteiger partial charge in [-0.2, -0.15) is 0 Å². The lowest BCUT2D eigenvalue weighted by Crippen LogP contribution is -2.59. The Labute approximate surface area is 120 Å². The molecule has 0 radical (unpaired) electrons. The van der Waals surface area contributed by atoms with Gasteiger partial charge in [-0.1, -0.05) is 6.07 Å². The number of nitrogen functional groups attached to an aromatic ring is 1. The lowest BCUT2D eigenvalue weighted by Gasteiger charge is -2.44. The first-order chi connectivity index (χ1) is 9.40. The van der Waals surface area contributed by atoms with E-state index in [1.807, 2.05) is 19.1 Å². The van der Waals surface area contributed by atoms with E-state index in [1.54, 1.807) is 12.1 Å². The Kier molecular flexibility index (Phi) is 4.30. The summed E-state index contributed by atoms with van der Waals surface area (Å²) < 4.78 is 5.49. The minimum Gasteiger partial charge on any atom is -0.399 e. The third-order valence-corrected chi connectivity index (χ3v) is 3.71. The van der Waals surface area contributed by atoms with Crippen LogP contribution in [0.1, 0.15) is 20.8 Å². The van der Waals surface area contributed by atoms with Gasteiger partial charge in [-0.05, 0) is 39.0 Å². The molecule has 0 aromatic heterocycles. The Balaban J connectivity index is 2.05. The third kappa shape index (κ3) is 3.29. The fourth-order valence-electron chi connectivity index (χ4n) is 2.59. The Morgan fingerprint density at radius 3 is 2.90 bits per heavy atom. The number of amides is 1. The number of nitrogens with zero attached hydrogens (tertiary/aromatic N) is 1. The molecule has 1 aromatic rings. The van der Waals surface area contributed by atoms with E-state index in [-0.39, 0.29) is 17.5 Å². The van der Waals surface area contributed by atoms with E-state index in [9.17, 15) is 4.79 Å². The van der Waals surface area contributed by atoms with E-state index in [4.69, 9.17) is 10.5 Å². The highest BCUT2D eigenvalue weighted by Gasteiger charge is 2.36. The number of carbonyl (C=O) groups is 1. The summed E-state index contributed by atoms with van der Waals surface area (Å²) in [5.74, 6) is -0.0226. The highest BCUT2D eigenvalue weighted by molar-refractivity contribution is 5.95. The lowest BCUT2D eigenvalue weighted by molar-refractivity contribution is -0.129. The van der Waals surface area contributed by atoms with Crippen molar-refractivity contribution in [3.05, 3.63) is 24.3 Å². The van der Waals surface area contributed by atoms with Crippen molar-refractivity contribution in [3.63, 3.8) is 0 Å². The monoisotopic (exact) mass is 277 g/mol. The van der Waals surface area contributed by atoms with Crippen LogP contribution in [0.3, 0.4) is 0 Å². The number of hydrogen-bond donors (Lipinski definition) is 2. The van der Waals surface area contributed by atoms with E-state index in [1.165, 1.54) is 0 Å². The molecule has 5 nitrogen and oxygen atoms in total. The summed E-state index contributed by atoms with van der Waals surface area (Å²) in [7, 11) is 0. The number of anilines is 2. The number of carbonyl (C=O) groups excluding carboxylic acids is 1. The SMILES string of the molecule is CC(C(=O)Nc1cccc(N)c1)N1CCOCC1(C)C. The van der Waals surface area contributed by atoms with Gasteiger partial charge in [-0.25, -0.2) is 0 Å². The molecule has 3 N–H and O–H groups in total. The fourth-order valence-corrected chi connectivity index (χ4v) is 2.59. The largest absolute Gasteiger partial charge is 0.399 e. The second-order valence-corrected chi connectivity index (χ2v) is 5.85. The van der Waals surface area contributed by atoms with Gasteiger partial charge in [0.2, 0.25) is 5.91 Å². The molecule has 0 bridgehead atoms. The minimum atomic E-state index is -0.213. The molecule has 1 aliphatic rings. The maximum Gasteiger partial charge on any atom is 0.241 e. The molecule has 0 aliphatic carbocycles. The number of nitrogens with one attached hydrogen (secondary N) is 1. The highest BCUT2D eigenvalue weighted by atomic mass is 16.5. The van der Waals surface area contributed by atoms with Crippen molar-refractivity contribution in [2.75, 3.05) is 30.8 Å². The quantitative estimate of drug-likeness (QED) is 0.825. The maximum atomic E-state index is 12.4. The summed E-state index contributed by atoms with van der Waals surface area (Å²) in [6, 6.07) is 7.01. The molecule has 1 aromatic carbocycles. The normalized spacial score (nSPS) is 20.4. The third-order valence-electron chi connectivity index (χ3n) is 3.71. The predicted molar refractivity (Wildman–Crippen MR) is 80.6 cm³/mol. The van der Waals surface area contributed by atoms with Gasteiger partial charge in [-0.3, -0.25) is 9.69 Å². The van der Waals surface area contributed by atoms with Crippen LogP contribution in [0.25, 0.3) is 0 Å². The van der Waals surface area contributed by atoms with Crippen LogP contribution in [0.5, 0.6) is 0 Å². The molecule has 1 fully saturated rings. The number of hydrogen-bond acceptors (Lipinski definition) is 4. The molecule has 20 heavy (non-hydrogen) atoms. The summed E-state index contributed by atoms with van der Waals surface area (Å²) in [5.41, 5.74) is 6.95. The molecule has 1 amide bonds. The van der Waals surface area contributed by atoms with Crippen molar-refractivity contribution >= 4 is 17.3 Å². The van der Waals surface area contributed by atoms with E-state index in [0.29, 0.717) is 18.9 Å². The van der Waals surface area contributed by atoms with Gasteiger partial charge in [0, 0.05) is 23.5 Å². The number of ether oxygens (including phenoxy) is 1. The summed E-state index contributed by atoms with van der Waals surface area (Å²) in [5, 5.41) is 2.92. The summed E-state index contributed by atoms with van der Waals surface area (Å²) in [4.78, 5) is 14.6. The molecule has 1 atom stereocenters. The number of benzene rings is 1. The van der Waals surface area contributed by atoms with E-state index in [0.717, 1.165) is 12.2 Å². The average molecular weight is 277 g/mol. The van der Waals surface area contributed by atoms with Crippen LogP contribution in [0.2, 0.25) is 0 Å². The first-order valence-corrected chi connectivity index (χ1v) is 6.91. The zero-order valence-electron chi connectivity index (χ0n) is 12.3. The van der Waals surface area contributed by atoms with Gasteiger partial charge in [0.1, 0.15) is 0 Å². The van der Waals surface area contributed by atoms with Crippen LogP contribution in [-0.4, -0.2) is 42.1 Å². The first-order valence-electron chi connectivity index (χ1n) is 6.91. The Morgan fingerprint density at radius 1 is 1.50 bits per heavy atom. The van der Waals surface area contributed by atoms with Crippen LogP contribution >= 0.6 is 0 Å². The van der Waals surface area contributed by atoms with Crippen LogP contribution in [0.4, 0.5) is 11.4 Å². The van der Waals surface area contributed by atoms with Crippen LogP contribution < -0.4 is 11.1 Å². The van der Waals surface area contributed by atoms with Gasteiger partial charge in [0.25, 0.3) is 0 Å². The molecule has 2 rings (SSSR count). The second kappa shape index (κ2) is 5.81. The zero-order chi connectivity index (χ0) is 14.8.